The van der Waals surface area contributed by atoms with Gasteiger partial charge in [-0.15, -0.1) is 0 Å². The molecule has 1 aromatic heterocycles. The van der Waals surface area contributed by atoms with Crippen LogP contribution in [-0.2, 0) is 0 Å². The molecule has 0 aliphatic rings. The SMILES string of the molecule is COc1cc(-c2cc(C(=O)Nc3ccc(C)cc3F)c3ccccc3n2)cc(OC)c1OC. The van der Waals surface area contributed by atoms with Crippen LogP contribution < -0.4 is 19.5 Å². The molecular weight excluding hydrogens is 423 g/mol. The number of hydrogen-bond acceptors (Lipinski definition) is 5. The first-order valence-corrected chi connectivity index (χ1v) is 10.2. The number of anilines is 1. The van der Waals surface area contributed by atoms with Gasteiger partial charge < -0.3 is 19.5 Å². The van der Waals surface area contributed by atoms with Crippen LogP contribution in [0.1, 0.15) is 15.9 Å². The zero-order valence-electron chi connectivity index (χ0n) is 18.7. The Hall–Kier alpha value is -4.13. The molecule has 6 nitrogen and oxygen atoms in total. The second kappa shape index (κ2) is 9.16. The van der Waals surface area contributed by atoms with Gasteiger partial charge in [0, 0.05) is 10.9 Å². The van der Waals surface area contributed by atoms with Crippen molar-refractivity contribution in [2.24, 2.45) is 0 Å². The largest absolute Gasteiger partial charge is 0.493 e. The molecule has 0 aliphatic heterocycles. The molecule has 0 unspecified atom stereocenters. The van der Waals surface area contributed by atoms with Gasteiger partial charge in [-0.1, -0.05) is 24.3 Å². The number of benzene rings is 3. The predicted octanol–water partition coefficient (Wildman–Crippen LogP) is 5.63. The van der Waals surface area contributed by atoms with Crippen LogP contribution in [0.4, 0.5) is 10.1 Å². The van der Waals surface area contributed by atoms with Gasteiger partial charge in [-0.25, -0.2) is 9.37 Å². The van der Waals surface area contributed by atoms with Crippen LogP contribution in [0, 0.1) is 12.7 Å². The predicted molar refractivity (Wildman–Crippen MR) is 126 cm³/mol. The van der Waals surface area contributed by atoms with E-state index in [-0.39, 0.29) is 5.69 Å². The molecule has 0 atom stereocenters. The minimum Gasteiger partial charge on any atom is -0.493 e. The highest BCUT2D eigenvalue weighted by atomic mass is 19.1. The minimum absolute atomic E-state index is 0.112. The van der Waals surface area contributed by atoms with Crippen LogP contribution in [0.3, 0.4) is 0 Å². The summed E-state index contributed by atoms with van der Waals surface area (Å²) in [5.41, 5.74) is 3.07. The lowest BCUT2D eigenvalue weighted by Crippen LogP contribution is -2.14. The van der Waals surface area contributed by atoms with Crippen molar-refractivity contribution in [2.45, 2.75) is 6.92 Å². The number of para-hydroxylation sites is 1. The molecule has 1 amide bonds. The van der Waals surface area contributed by atoms with Crippen LogP contribution in [0.25, 0.3) is 22.2 Å². The van der Waals surface area contributed by atoms with Crippen molar-refractivity contribution in [3.05, 3.63) is 77.6 Å². The van der Waals surface area contributed by atoms with Crippen LogP contribution >= 0.6 is 0 Å². The van der Waals surface area contributed by atoms with E-state index in [4.69, 9.17) is 19.2 Å². The first kappa shape index (κ1) is 22.1. The number of nitrogens with one attached hydrogen (secondary N) is 1. The van der Waals surface area contributed by atoms with E-state index in [1.807, 2.05) is 24.3 Å². The van der Waals surface area contributed by atoms with Gasteiger partial charge >= 0.3 is 0 Å². The number of halogens is 1. The molecule has 0 radical (unpaired) electrons. The summed E-state index contributed by atoms with van der Waals surface area (Å²) in [6.07, 6.45) is 0. The number of amides is 1. The average molecular weight is 446 g/mol. The molecule has 168 valence electrons. The van der Waals surface area contributed by atoms with Gasteiger partial charge in [-0.05, 0) is 48.9 Å². The second-order valence-electron chi connectivity index (χ2n) is 7.42. The summed E-state index contributed by atoms with van der Waals surface area (Å²) in [5.74, 6) is 0.457. The van der Waals surface area contributed by atoms with Crippen molar-refractivity contribution in [3.63, 3.8) is 0 Å². The molecule has 4 aromatic rings. The number of aryl methyl sites for hydroxylation is 1. The van der Waals surface area contributed by atoms with Crippen LogP contribution in [0.2, 0.25) is 0 Å². The van der Waals surface area contributed by atoms with Gasteiger partial charge in [0.2, 0.25) is 5.75 Å². The Labute approximate surface area is 190 Å². The van der Waals surface area contributed by atoms with Crippen molar-refractivity contribution >= 4 is 22.5 Å². The summed E-state index contributed by atoms with van der Waals surface area (Å²) in [5, 5.41) is 3.33. The maximum Gasteiger partial charge on any atom is 0.256 e. The number of carbonyl (C=O) groups is 1. The highest BCUT2D eigenvalue weighted by molar-refractivity contribution is 6.13. The van der Waals surface area contributed by atoms with Gasteiger partial charge in [0.05, 0.1) is 43.8 Å². The van der Waals surface area contributed by atoms with Crippen molar-refractivity contribution in [1.29, 1.82) is 0 Å². The lowest BCUT2D eigenvalue weighted by Gasteiger charge is -2.15. The standard InChI is InChI=1S/C26H23FN2O4/c1-15-9-10-21(19(27)11-15)29-26(30)18-14-22(28-20-8-6-5-7-17(18)20)16-12-23(31-2)25(33-4)24(13-16)32-3/h5-14H,1-4H3,(H,29,30). The summed E-state index contributed by atoms with van der Waals surface area (Å²) in [4.78, 5) is 17.9. The van der Waals surface area contributed by atoms with E-state index >= 15 is 0 Å². The molecule has 1 heterocycles. The Kier molecular flexibility index (Phi) is 6.13. The van der Waals surface area contributed by atoms with Crippen molar-refractivity contribution in [3.8, 4) is 28.5 Å². The second-order valence-corrected chi connectivity index (χ2v) is 7.42. The molecule has 0 spiro atoms. The van der Waals surface area contributed by atoms with Crippen molar-refractivity contribution in [1.82, 2.24) is 4.98 Å². The van der Waals surface area contributed by atoms with E-state index in [1.54, 1.807) is 37.3 Å². The number of rotatable bonds is 6. The molecule has 0 saturated heterocycles. The lowest BCUT2D eigenvalue weighted by molar-refractivity contribution is 0.102. The van der Waals surface area contributed by atoms with E-state index < -0.39 is 11.7 Å². The first-order chi connectivity index (χ1) is 15.9. The van der Waals surface area contributed by atoms with E-state index in [0.29, 0.717) is 45.0 Å². The molecule has 0 aliphatic carbocycles. The Morgan fingerprint density at radius 1 is 0.909 bits per heavy atom. The van der Waals surface area contributed by atoms with Gasteiger partial charge in [0.1, 0.15) is 5.82 Å². The van der Waals surface area contributed by atoms with Gasteiger partial charge in [-0.3, -0.25) is 4.79 Å². The molecular formula is C26H23FN2O4. The third kappa shape index (κ3) is 4.30. The molecule has 33 heavy (non-hydrogen) atoms. The summed E-state index contributed by atoms with van der Waals surface area (Å²) in [6, 6.07) is 17.2. The molecule has 0 fully saturated rings. The fourth-order valence-corrected chi connectivity index (χ4v) is 3.65. The van der Waals surface area contributed by atoms with E-state index in [9.17, 15) is 9.18 Å². The fourth-order valence-electron chi connectivity index (χ4n) is 3.65. The Morgan fingerprint density at radius 3 is 2.24 bits per heavy atom. The lowest BCUT2D eigenvalue weighted by atomic mass is 10.0. The third-order valence-corrected chi connectivity index (χ3v) is 5.29. The first-order valence-electron chi connectivity index (χ1n) is 10.2. The normalized spacial score (nSPS) is 10.7. The van der Waals surface area contributed by atoms with Crippen LogP contribution in [-0.4, -0.2) is 32.2 Å². The average Bonchev–Trinajstić information content (AvgIpc) is 2.83. The maximum absolute atomic E-state index is 14.4. The molecule has 0 bridgehead atoms. The summed E-state index contributed by atoms with van der Waals surface area (Å²) in [6.45, 7) is 1.79. The van der Waals surface area contributed by atoms with E-state index in [1.165, 1.54) is 27.4 Å². The number of methoxy groups -OCH3 is 3. The third-order valence-electron chi connectivity index (χ3n) is 5.29. The fraction of sp³-hybridized carbons (Fsp3) is 0.154. The molecule has 0 saturated carbocycles. The van der Waals surface area contributed by atoms with Crippen LogP contribution in [0.15, 0.2) is 60.7 Å². The zero-order valence-corrected chi connectivity index (χ0v) is 18.7. The van der Waals surface area contributed by atoms with E-state index in [2.05, 4.69) is 5.32 Å². The number of pyridine rings is 1. The molecule has 4 rings (SSSR count). The van der Waals surface area contributed by atoms with Crippen molar-refractivity contribution in [2.75, 3.05) is 26.6 Å². The van der Waals surface area contributed by atoms with Gasteiger partial charge in [0.15, 0.2) is 11.5 Å². The minimum atomic E-state index is -0.494. The highest BCUT2D eigenvalue weighted by Crippen LogP contribution is 2.41. The number of nitrogens with zero attached hydrogens (tertiary/aromatic N) is 1. The van der Waals surface area contributed by atoms with E-state index in [0.717, 1.165) is 5.56 Å². The number of aromatic nitrogens is 1. The Balaban J connectivity index is 1.85. The number of fused-ring (bicyclic) bond motifs is 1. The van der Waals surface area contributed by atoms with Crippen LogP contribution in [0.5, 0.6) is 17.2 Å². The van der Waals surface area contributed by atoms with Gasteiger partial charge in [0.25, 0.3) is 5.91 Å². The molecule has 1 N–H and O–H groups in total. The quantitative estimate of drug-likeness (QED) is 0.416. The summed E-state index contributed by atoms with van der Waals surface area (Å²) in [7, 11) is 4.59. The molecule has 3 aromatic carbocycles. The topological polar surface area (TPSA) is 69.7 Å². The monoisotopic (exact) mass is 446 g/mol. The smallest absolute Gasteiger partial charge is 0.256 e. The summed E-state index contributed by atoms with van der Waals surface area (Å²) < 4.78 is 30.7. The summed E-state index contributed by atoms with van der Waals surface area (Å²) >= 11 is 0. The Morgan fingerprint density at radius 2 is 1.61 bits per heavy atom. The molecule has 7 heteroatoms. The number of carbonyl (C=O) groups excluding carboxylic acids is 1. The zero-order chi connectivity index (χ0) is 23.5. The Bertz CT molecular complexity index is 1330. The maximum atomic E-state index is 14.4. The number of ether oxygens (including phenoxy) is 3. The highest BCUT2D eigenvalue weighted by Gasteiger charge is 2.19. The van der Waals surface area contributed by atoms with Crippen molar-refractivity contribution < 1.29 is 23.4 Å². The van der Waals surface area contributed by atoms with Gasteiger partial charge in [-0.2, -0.15) is 0 Å². The number of hydrogen-bond donors (Lipinski definition) is 1.